The second-order valence-corrected chi connectivity index (χ2v) is 8.99. The van der Waals surface area contributed by atoms with Gasteiger partial charge in [0.25, 0.3) is 5.97 Å². The van der Waals surface area contributed by atoms with Gasteiger partial charge in [0.1, 0.15) is 10.6 Å². The zero-order chi connectivity index (χ0) is 22.0. The molecule has 1 aromatic rings. The summed E-state index contributed by atoms with van der Waals surface area (Å²) in [5.74, 6) is -0.471. The maximum absolute atomic E-state index is 10.9. The fourth-order valence-electron chi connectivity index (χ4n) is 1.96. The Kier molecular flexibility index (Phi) is 11.1. The number of sulfonamides is 2. The van der Waals surface area contributed by atoms with Crippen LogP contribution in [0.2, 0.25) is 0 Å². The minimum atomic E-state index is -3.68. The van der Waals surface area contributed by atoms with E-state index in [-0.39, 0.29) is 11.0 Å². The van der Waals surface area contributed by atoms with Gasteiger partial charge in [-0.2, -0.15) is 0 Å². The van der Waals surface area contributed by atoms with Crippen LogP contribution in [0.15, 0.2) is 23.4 Å². The Morgan fingerprint density at radius 1 is 1.21 bits per heavy atom. The first-order valence-corrected chi connectivity index (χ1v) is 10.9. The molecule has 0 amide bonds. The molecule has 0 radical (unpaired) electrons. The Morgan fingerprint density at radius 3 is 2.21 bits per heavy atom. The number of aromatic nitrogens is 1. The van der Waals surface area contributed by atoms with Crippen molar-refractivity contribution in [3.63, 3.8) is 0 Å². The number of carboxylic acid groups (broad SMARTS) is 1. The minimum Gasteiger partial charge on any atom is -0.495 e. The van der Waals surface area contributed by atoms with Crippen LogP contribution in [-0.2, 0) is 29.6 Å². The number of hydrogen-bond acceptors (Lipinski definition) is 9. The van der Waals surface area contributed by atoms with Crippen molar-refractivity contribution in [3.8, 4) is 5.75 Å². The van der Waals surface area contributed by atoms with Crippen molar-refractivity contribution in [1.82, 2.24) is 10.3 Å². The Hall–Kier alpha value is -1.84. The number of pyridine rings is 1. The van der Waals surface area contributed by atoms with E-state index in [1.807, 2.05) is 0 Å². The molecular weight excluding hydrogens is 416 g/mol. The van der Waals surface area contributed by atoms with Gasteiger partial charge in [0.05, 0.1) is 24.7 Å². The lowest BCUT2D eigenvalue weighted by Crippen LogP contribution is -2.48. The third kappa shape index (κ3) is 11.1. The topological polar surface area (TPSA) is 201 Å². The number of ether oxygens (including phenoxy) is 2. The molecule has 0 spiro atoms. The molecule has 0 aliphatic carbocycles. The minimum absolute atomic E-state index is 0.0397. The molecular formula is C14H26N4O8S2. The van der Waals surface area contributed by atoms with Crippen LogP contribution in [0.4, 0.5) is 0 Å². The van der Waals surface area contributed by atoms with Crippen LogP contribution in [0.25, 0.3) is 0 Å². The van der Waals surface area contributed by atoms with E-state index in [4.69, 9.17) is 29.7 Å². The molecule has 28 heavy (non-hydrogen) atoms. The van der Waals surface area contributed by atoms with E-state index in [1.54, 1.807) is 7.11 Å². The molecule has 12 nitrogen and oxygen atoms in total. The molecule has 1 fully saturated rings. The van der Waals surface area contributed by atoms with E-state index < -0.39 is 31.3 Å². The summed E-state index contributed by atoms with van der Waals surface area (Å²) in [7, 11) is -4.10. The molecule has 2 heterocycles. The van der Waals surface area contributed by atoms with Crippen molar-refractivity contribution in [1.29, 1.82) is 0 Å². The second kappa shape index (κ2) is 11.9. The largest absolute Gasteiger partial charge is 0.495 e. The SMILES string of the molecule is CC(=O)O.COC1CNCC(S(N)(=O)=O)C1.COc1cncc(S(N)(=O)=O)c1. The van der Waals surface area contributed by atoms with Crippen molar-refractivity contribution >= 4 is 26.0 Å². The van der Waals surface area contributed by atoms with Crippen LogP contribution in [0.3, 0.4) is 0 Å². The summed E-state index contributed by atoms with van der Waals surface area (Å²) in [6.07, 6.45) is 3.01. The number of rotatable bonds is 4. The Bertz CT molecular complexity index is 825. The molecule has 14 heteroatoms. The van der Waals surface area contributed by atoms with Gasteiger partial charge in [-0.3, -0.25) is 9.78 Å². The van der Waals surface area contributed by atoms with Gasteiger partial charge in [0, 0.05) is 39.4 Å². The maximum atomic E-state index is 10.9. The molecule has 1 aliphatic rings. The zero-order valence-corrected chi connectivity index (χ0v) is 17.4. The van der Waals surface area contributed by atoms with Gasteiger partial charge >= 0.3 is 0 Å². The molecule has 0 saturated carbocycles. The number of methoxy groups -OCH3 is 2. The lowest BCUT2D eigenvalue weighted by Gasteiger charge is -2.27. The van der Waals surface area contributed by atoms with E-state index in [9.17, 15) is 16.8 Å². The second-order valence-electron chi connectivity index (χ2n) is 5.59. The third-order valence-electron chi connectivity index (χ3n) is 3.32. The van der Waals surface area contributed by atoms with Crippen LogP contribution >= 0.6 is 0 Å². The summed E-state index contributed by atoms with van der Waals surface area (Å²) in [6, 6.07) is 1.31. The van der Waals surface area contributed by atoms with Gasteiger partial charge < -0.3 is 19.9 Å². The van der Waals surface area contributed by atoms with Crippen molar-refractivity contribution in [2.45, 2.75) is 29.6 Å². The van der Waals surface area contributed by atoms with Crippen LogP contribution in [0.1, 0.15) is 13.3 Å². The fraction of sp³-hybridized carbons (Fsp3) is 0.571. The maximum Gasteiger partial charge on any atom is 0.300 e. The van der Waals surface area contributed by atoms with Gasteiger partial charge in [0.2, 0.25) is 20.0 Å². The predicted octanol–water partition coefficient (Wildman–Crippen LogP) is -1.52. The molecule has 0 bridgehead atoms. The summed E-state index contributed by atoms with van der Waals surface area (Å²) >= 11 is 0. The molecule has 1 aromatic heterocycles. The number of piperidine rings is 1. The number of carboxylic acids is 1. The standard InChI is InChI=1S/C6H14N2O3S.C6H8N2O3S.C2H4O2/c2*1-11-5-2-6(4-8-3-5)12(7,9)10;1-2(3)4/h5-6,8H,2-4H2,1H3,(H2,7,9,10);2-4H,1H3,(H2,7,9,10);1H3,(H,3,4). The summed E-state index contributed by atoms with van der Waals surface area (Å²) < 4.78 is 53.2. The van der Waals surface area contributed by atoms with Gasteiger partial charge in [-0.1, -0.05) is 0 Å². The summed E-state index contributed by atoms with van der Waals surface area (Å²) in [5.41, 5.74) is 0. The molecule has 162 valence electrons. The Labute approximate surface area is 164 Å². The predicted molar refractivity (Wildman–Crippen MR) is 101 cm³/mol. The summed E-state index contributed by atoms with van der Waals surface area (Å²) in [4.78, 5) is 12.6. The van der Waals surface area contributed by atoms with Gasteiger partial charge in [-0.15, -0.1) is 0 Å². The van der Waals surface area contributed by atoms with E-state index in [0.717, 1.165) is 13.1 Å². The van der Waals surface area contributed by atoms with Crippen LogP contribution in [0.5, 0.6) is 5.75 Å². The molecule has 0 aromatic carbocycles. The number of carbonyl (C=O) groups is 1. The Balaban J connectivity index is 0.000000439. The smallest absolute Gasteiger partial charge is 0.300 e. The lowest BCUT2D eigenvalue weighted by atomic mass is 10.1. The highest BCUT2D eigenvalue weighted by molar-refractivity contribution is 7.89. The van der Waals surface area contributed by atoms with Crippen molar-refractivity contribution in [2.24, 2.45) is 10.3 Å². The Morgan fingerprint density at radius 2 is 1.79 bits per heavy atom. The monoisotopic (exact) mass is 442 g/mol. The first kappa shape index (κ1) is 26.2. The van der Waals surface area contributed by atoms with E-state index in [2.05, 4.69) is 10.3 Å². The molecule has 2 rings (SSSR count). The molecule has 2 atom stereocenters. The quantitative estimate of drug-likeness (QED) is 0.424. The van der Waals surface area contributed by atoms with Crippen LogP contribution < -0.4 is 20.3 Å². The normalized spacial score (nSPS) is 19.3. The number of hydrogen-bond donors (Lipinski definition) is 4. The van der Waals surface area contributed by atoms with Crippen LogP contribution in [0, 0.1) is 0 Å². The fourth-order valence-corrected chi connectivity index (χ4v) is 3.28. The van der Waals surface area contributed by atoms with E-state index >= 15 is 0 Å². The molecule has 6 N–H and O–H groups in total. The van der Waals surface area contributed by atoms with Crippen molar-refractivity contribution < 1.29 is 36.2 Å². The highest BCUT2D eigenvalue weighted by Crippen LogP contribution is 2.13. The summed E-state index contributed by atoms with van der Waals surface area (Å²) in [5, 5.41) is 19.7. The highest BCUT2D eigenvalue weighted by Gasteiger charge is 2.28. The van der Waals surface area contributed by atoms with E-state index in [1.165, 1.54) is 19.4 Å². The molecule has 1 saturated heterocycles. The summed E-state index contributed by atoms with van der Waals surface area (Å²) in [6.45, 7) is 2.21. The van der Waals surface area contributed by atoms with Crippen molar-refractivity contribution in [2.75, 3.05) is 27.3 Å². The number of nitrogens with one attached hydrogen (secondary N) is 1. The van der Waals surface area contributed by atoms with Gasteiger partial charge in [-0.05, 0) is 6.42 Å². The zero-order valence-electron chi connectivity index (χ0n) is 15.7. The number of aliphatic carboxylic acids is 1. The number of nitrogens with two attached hydrogens (primary N) is 2. The van der Waals surface area contributed by atoms with Crippen molar-refractivity contribution in [3.05, 3.63) is 18.5 Å². The average molecular weight is 443 g/mol. The average Bonchev–Trinajstić information content (AvgIpc) is 2.60. The molecule has 1 aliphatic heterocycles. The van der Waals surface area contributed by atoms with E-state index in [0.29, 0.717) is 25.3 Å². The highest BCUT2D eigenvalue weighted by atomic mass is 32.2. The van der Waals surface area contributed by atoms with Gasteiger partial charge in [-0.25, -0.2) is 27.1 Å². The first-order chi connectivity index (χ1) is 12.8. The van der Waals surface area contributed by atoms with Crippen LogP contribution in [-0.4, -0.2) is 71.6 Å². The first-order valence-electron chi connectivity index (χ1n) is 7.77. The lowest BCUT2D eigenvalue weighted by molar-refractivity contribution is -0.134. The number of nitrogens with zero attached hydrogens (tertiary/aromatic N) is 1. The molecule has 2 unspecified atom stereocenters. The number of primary sulfonamides is 2. The van der Waals surface area contributed by atoms with Gasteiger partial charge in [0.15, 0.2) is 0 Å². The third-order valence-corrected chi connectivity index (χ3v) is 5.49.